The van der Waals surface area contributed by atoms with Crippen LogP contribution in [0.25, 0.3) is 0 Å². The van der Waals surface area contributed by atoms with Crippen LogP contribution in [-0.2, 0) is 0 Å². The van der Waals surface area contributed by atoms with Gasteiger partial charge in [-0.25, -0.2) is 8.78 Å². The standard InChI is InChI=1S/C14H11F2NO4/c1-20-13-7-6-11(8-12(13)17(18)19)21-10-4-2-9(3-5-10)14(15)16/h2-8,14H,1H3. The first-order valence-electron chi connectivity index (χ1n) is 5.89. The van der Waals surface area contributed by atoms with E-state index in [9.17, 15) is 18.9 Å². The molecule has 0 unspecified atom stereocenters. The molecule has 0 atom stereocenters. The molecule has 0 N–H and O–H groups in total. The average molecular weight is 295 g/mol. The second-order valence-corrected chi connectivity index (χ2v) is 4.06. The maximum atomic E-state index is 12.4. The van der Waals surface area contributed by atoms with Crippen LogP contribution in [0.4, 0.5) is 14.5 Å². The van der Waals surface area contributed by atoms with Gasteiger partial charge in [0, 0.05) is 5.56 Å². The zero-order chi connectivity index (χ0) is 15.4. The number of methoxy groups -OCH3 is 1. The van der Waals surface area contributed by atoms with Crippen molar-refractivity contribution >= 4 is 5.69 Å². The number of ether oxygens (including phenoxy) is 2. The summed E-state index contributed by atoms with van der Waals surface area (Å²) in [6.45, 7) is 0. The largest absolute Gasteiger partial charge is 0.490 e. The van der Waals surface area contributed by atoms with E-state index in [1.807, 2.05) is 0 Å². The molecule has 2 rings (SSSR count). The lowest BCUT2D eigenvalue weighted by atomic mass is 10.2. The second-order valence-electron chi connectivity index (χ2n) is 4.06. The summed E-state index contributed by atoms with van der Waals surface area (Å²) in [5, 5.41) is 10.9. The van der Waals surface area contributed by atoms with Crippen molar-refractivity contribution in [2.45, 2.75) is 6.43 Å². The molecule has 0 spiro atoms. The Morgan fingerprint density at radius 3 is 2.24 bits per heavy atom. The van der Waals surface area contributed by atoms with E-state index in [-0.39, 0.29) is 22.7 Å². The van der Waals surface area contributed by atoms with Crippen LogP contribution in [0.2, 0.25) is 0 Å². The lowest BCUT2D eigenvalue weighted by Gasteiger charge is -2.08. The molecule has 0 amide bonds. The van der Waals surface area contributed by atoms with Gasteiger partial charge in [-0.3, -0.25) is 10.1 Å². The minimum Gasteiger partial charge on any atom is -0.490 e. The van der Waals surface area contributed by atoms with E-state index < -0.39 is 11.3 Å². The van der Waals surface area contributed by atoms with Crippen molar-refractivity contribution < 1.29 is 23.2 Å². The van der Waals surface area contributed by atoms with E-state index >= 15 is 0 Å². The zero-order valence-corrected chi connectivity index (χ0v) is 11.0. The van der Waals surface area contributed by atoms with Crippen molar-refractivity contribution in [1.82, 2.24) is 0 Å². The fourth-order valence-electron chi connectivity index (χ4n) is 1.69. The maximum Gasteiger partial charge on any atom is 0.314 e. The average Bonchev–Trinajstić information content (AvgIpc) is 2.47. The predicted molar refractivity (Wildman–Crippen MR) is 71.1 cm³/mol. The third-order valence-corrected chi connectivity index (χ3v) is 2.71. The Bertz CT molecular complexity index is 644. The molecule has 2 aromatic rings. The zero-order valence-electron chi connectivity index (χ0n) is 11.0. The van der Waals surface area contributed by atoms with E-state index in [2.05, 4.69) is 0 Å². The minimum absolute atomic E-state index is 0.111. The Balaban J connectivity index is 2.23. The van der Waals surface area contributed by atoms with Crippen LogP contribution in [-0.4, -0.2) is 12.0 Å². The van der Waals surface area contributed by atoms with Crippen molar-refractivity contribution in [3.63, 3.8) is 0 Å². The van der Waals surface area contributed by atoms with Gasteiger partial charge in [0.05, 0.1) is 18.1 Å². The molecule has 7 heteroatoms. The van der Waals surface area contributed by atoms with Gasteiger partial charge < -0.3 is 9.47 Å². The molecule has 0 radical (unpaired) electrons. The molecular formula is C14H11F2NO4. The predicted octanol–water partition coefficient (Wildman–Crippen LogP) is 4.33. The van der Waals surface area contributed by atoms with Crippen molar-refractivity contribution in [2.75, 3.05) is 7.11 Å². The second kappa shape index (κ2) is 6.17. The number of nitro benzene ring substituents is 1. The number of hydrogen-bond donors (Lipinski definition) is 0. The smallest absolute Gasteiger partial charge is 0.314 e. The summed E-state index contributed by atoms with van der Waals surface area (Å²) in [5.41, 5.74) is -0.359. The molecule has 0 aliphatic rings. The Hall–Kier alpha value is -2.70. The fourth-order valence-corrected chi connectivity index (χ4v) is 1.69. The van der Waals surface area contributed by atoms with Gasteiger partial charge in [0.1, 0.15) is 11.5 Å². The number of nitro groups is 1. The Morgan fingerprint density at radius 2 is 1.71 bits per heavy atom. The van der Waals surface area contributed by atoms with Crippen molar-refractivity contribution in [3.8, 4) is 17.2 Å². The van der Waals surface area contributed by atoms with Crippen molar-refractivity contribution in [3.05, 3.63) is 58.1 Å². The molecule has 0 fully saturated rings. The van der Waals surface area contributed by atoms with Crippen LogP contribution in [0.15, 0.2) is 42.5 Å². The highest BCUT2D eigenvalue weighted by Gasteiger charge is 2.16. The Labute approximate surface area is 118 Å². The third kappa shape index (κ3) is 3.44. The number of benzene rings is 2. The maximum absolute atomic E-state index is 12.4. The summed E-state index contributed by atoms with van der Waals surface area (Å²) in [5.74, 6) is 0.631. The minimum atomic E-state index is -2.55. The first kappa shape index (κ1) is 14.7. The van der Waals surface area contributed by atoms with Gasteiger partial charge >= 0.3 is 5.69 Å². The highest BCUT2D eigenvalue weighted by molar-refractivity contribution is 5.51. The van der Waals surface area contributed by atoms with Crippen LogP contribution in [0.5, 0.6) is 17.2 Å². The summed E-state index contributed by atoms with van der Waals surface area (Å²) in [6, 6.07) is 9.32. The summed E-state index contributed by atoms with van der Waals surface area (Å²) in [7, 11) is 1.33. The number of alkyl halides is 2. The van der Waals surface area contributed by atoms with Crippen LogP contribution in [0.3, 0.4) is 0 Å². The molecule has 0 bridgehead atoms. The van der Waals surface area contributed by atoms with E-state index in [1.54, 1.807) is 0 Å². The topological polar surface area (TPSA) is 61.6 Å². The van der Waals surface area contributed by atoms with Crippen LogP contribution in [0, 0.1) is 10.1 Å². The fraction of sp³-hybridized carbons (Fsp3) is 0.143. The van der Waals surface area contributed by atoms with E-state index in [0.717, 1.165) is 0 Å². The lowest BCUT2D eigenvalue weighted by Crippen LogP contribution is -1.94. The van der Waals surface area contributed by atoms with E-state index in [0.29, 0.717) is 5.75 Å². The Kier molecular flexibility index (Phi) is 4.32. The Morgan fingerprint density at radius 1 is 1.10 bits per heavy atom. The third-order valence-electron chi connectivity index (χ3n) is 2.71. The molecule has 110 valence electrons. The van der Waals surface area contributed by atoms with Gasteiger partial charge in [0.25, 0.3) is 6.43 Å². The summed E-state index contributed by atoms with van der Waals surface area (Å²) in [4.78, 5) is 10.3. The molecule has 0 saturated heterocycles. The molecule has 0 heterocycles. The van der Waals surface area contributed by atoms with Crippen molar-refractivity contribution in [1.29, 1.82) is 0 Å². The lowest BCUT2D eigenvalue weighted by molar-refractivity contribution is -0.385. The summed E-state index contributed by atoms with van der Waals surface area (Å²) < 4.78 is 35.1. The van der Waals surface area contributed by atoms with Gasteiger partial charge in [-0.2, -0.15) is 0 Å². The summed E-state index contributed by atoms with van der Waals surface area (Å²) in [6.07, 6.45) is -2.55. The van der Waals surface area contributed by atoms with Gasteiger partial charge in [-0.05, 0) is 36.4 Å². The van der Waals surface area contributed by atoms with Crippen molar-refractivity contribution in [2.24, 2.45) is 0 Å². The molecular weight excluding hydrogens is 284 g/mol. The number of nitrogens with zero attached hydrogens (tertiary/aromatic N) is 1. The quantitative estimate of drug-likeness (QED) is 0.608. The van der Waals surface area contributed by atoms with E-state index in [1.165, 1.54) is 49.6 Å². The number of rotatable bonds is 5. The van der Waals surface area contributed by atoms with Gasteiger partial charge in [0.2, 0.25) is 0 Å². The van der Waals surface area contributed by atoms with E-state index in [4.69, 9.17) is 9.47 Å². The first-order chi connectivity index (χ1) is 10.0. The van der Waals surface area contributed by atoms with Crippen LogP contribution in [0.1, 0.15) is 12.0 Å². The van der Waals surface area contributed by atoms with Gasteiger partial charge in [-0.1, -0.05) is 0 Å². The van der Waals surface area contributed by atoms with Gasteiger partial charge in [0.15, 0.2) is 5.75 Å². The van der Waals surface area contributed by atoms with Crippen LogP contribution >= 0.6 is 0 Å². The monoisotopic (exact) mass is 295 g/mol. The van der Waals surface area contributed by atoms with Gasteiger partial charge in [-0.15, -0.1) is 0 Å². The molecule has 0 aromatic heterocycles. The number of halogens is 2. The molecule has 5 nitrogen and oxygen atoms in total. The molecule has 2 aromatic carbocycles. The SMILES string of the molecule is COc1ccc(Oc2ccc(C(F)F)cc2)cc1[N+](=O)[O-]. The molecule has 0 saturated carbocycles. The molecule has 21 heavy (non-hydrogen) atoms. The molecule has 0 aliphatic heterocycles. The number of hydrogen-bond acceptors (Lipinski definition) is 4. The molecule has 0 aliphatic carbocycles. The van der Waals surface area contributed by atoms with Crippen LogP contribution < -0.4 is 9.47 Å². The summed E-state index contributed by atoms with van der Waals surface area (Å²) >= 11 is 0. The highest BCUT2D eigenvalue weighted by atomic mass is 19.3. The normalized spacial score (nSPS) is 10.5. The first-order valence-corrected chi connectivity index (χ1v) is 5.89. The highest BCUT2D eigenvalue weighted by Crippen LogP contribution is 2.33.